The van der Waals surface area contributed by atoms with Gasteiger partial charge in [-0.15, -0.1) is 12.4 Å². The fraction of sp³-hybridized carbons (Fsp3) is 0.889. The van der Waals surface area contributed by atoms with Gasteiger partial charge in [0.05, 0.1) is 6.04 Å². The first-order valence-corrected chi connectivity index (χ1v) is 4.56. The Hall–Kier alpha value is -0.280. The number of hydrogen-bond acceptors (Lipinski definition) is 2. The number of rotatable bonds is 5. The van der Waals surface area contributed by atoms with E-state index in [4.69, 9.17) is 0 Å². The minimum atomic E-state index is -0.0371. The van der Waals surface area contributed by atoms with Crippen molar-refractivity contribution in [2.75, 3.05) is 13.6 Å². The number of amides is 1. The Morgan fingerprint density at radius 3 is 2.23 bits per heavy atom. The van der Waals surface area contributed by atoms with Gasteiger partial charge in [0.15, 0.2) is 0 Å². The van der Waals surface area contributed by atoms with Gasteiger partial charge in [0, 0.05) is 6.54 Å². The van der Waals surface area contributed by atoms with Crippen molar-refractivity contribution in [3.05, 3.63) is 0 Å². The highest BCUT2D eigenvalue weighted by Gasteiger charge is 2.15. The average molecular weight is 209 g/mol. The summed E-state index contributed by atoms with van der Waals surface area (Å²) in [5.41, 5.74) is 0. The van der Waals surface area contributed by atoms with E-state index < -0.39 is 0 Å². The van der Waals surface area contributed by atoms with E-state index in [1.54, 1.807) is 0 Å². The zero-order valence-corrected chi connectivity index (χ0v) is 9.70. The van der Waals surface area contributed by atoms with Crippen molar-refractivity contribution in [1.29, 1.82) is 0 Å². The molecule has 3 nitrogen and oxygen atoms in total. The molecule has 0 radical (unpaired) electrons. The third-order valence-corrected chi connectivity index (χ3v) is 1.72. The molecule has 1 amide bonds. The normalized spacial score (nSPS) is 12.1. The van der Waals surface area contributed by atoms with E-state index >= 15 is 0 Å². The van der Waals surface area contributed by atoms with Gasteiger partial charge in [-0.1, -0.05) is 13.8 Å². The third-order valence-electron chi connectivity index (χ3n) is 1.72. The summed E-state index contributed by atoms with van der Waals surface area (Å²) >= 11 is 0. The summed E-state index contributed by atoms with van der Waals surface area (Å²) in [4.78, 5) is 11.3. The molecule has 0 aliphatic carbocycles. The molecular weight excluding hydrogens is 188 g/mol. The summed E-state index contributed by atoms with van der Waals surface area (Å²) in [5, 5.41) is 5.81. The Morgan fingerprint density at radius 1 is 1.38 bits per heavy atom. The fourth-order valence-electron chi connectivity index (χ4n) is 1.12. The molecule has 2 N–H and O–H groups in total. The van der Waals surface area contributed by atoms with Crippen LogP contribution in [0.25, 0.3) is 0 Å². The summed E-state index contributed by atoms with van der Waals surface area (Å²) in [6, 6.07) is -0.0371. The predicted molar refractivity (Wildman–Crippen MR) is 58.2 cm³/mol. The van der Waals surface area contributed by atoms with Gasteiger partial charge < -0.3 is 10.6 Å². The van der Waals surface area contributed by atoms with Crippen molar-refractivity contribution in [2.45, 2.75) is 33.2 Å². The Kier molecular flexibility index (Phi) is 9.74. The summed E-state index contributed by atoms with van der Waals surface area (Å²) in [6.07, 6.45) is 0.891. The molecule has 0 aromatic rings. The van der Waals surface area contributed by atoms with Gasteiger partial charge in [-0.3, -0.25) is 4.79 Å². The molecule has 80 valence electrons. The van der Waals surface area contributed by atoms with Crippen molar-refractivity contribution in [3.63, 3.8) is 0 Å². The molecule has 0 aliphatic rings. The van der Waals surface area contributed by atoms with Crippen molar-refractivity contribution in [1.82, 2.24) is 10.6 Å². The van der Waals surface area contributed by atoms with E-state index in [1.807, 2.05) is 14.0 Å². The topological polar surface area (TPSA) is 41.1 Å². The number of likely N-dealkylation sites (N-methyl/N-ethyl adjacent to an activating group) is 2. The first-order chi connectivity index (χ1) is 5.61. The molecule has 0 rings (SSSR count). The van der Waals surface area contributed by atoms with Gasteiger partial charge in [0.1, 0.15) is 0 Å². The lowest BCUT2D eigenvalue weighted by atomic mass is 10.0. The quantitative estimate of drug-likeness (QED) is 0.713. The number of carbonyl (C=O) groups is 1. The lowest BCUT2D eigenvalue weighted by molar-refractivity contribution is -0.123. The zero-order valence-electron chi connectivity index (χ0n) is 8.89. The first kappa shape index (κ1) is 15.2. The van der Waals surface area contributed by atoms with Gasteiger partial charge in [0.25, 0.3) is 0 Å². The summed E-state index contributed by atoms with van der Waals surface area (Å²) < 4.78 is 0. The summed E-state index contributed by atoms with van der Waals surface area (Å²) in [6.45, 7) is 6.86. The Labute approximate surface area is 87.1 Å². The van der Waals surface area contributed by atoms with Crippen molar-refractivity contribution < 1.29 is 4.79 Å². The molecule has 0 saturated heterocycles. The van der Waals surface area contributed by atoms with Crippen LogP contribution < -0.4 is 10.6 Å². The first-order valence-electron chi connectivity index (χ1n) is 4.56. The standard InChI is InChI=1S/C9H20N2O.ClH/c1-5-11-9(12)8(10-4)6-7(2)3;/h7-8,10H,5-6H2,1-4H3,(H,11,12);1H/t8-;/m0./s1. The molecule has 0 bridgehead atoms. The monoisotopic (exact) mass is 208 g/mol. The SMILES string of the molecule is CCNC(=O)[C@H](CC(C)C)NC.Cl. The van der Waals surface area contributed by atoms with Gasteiger partial charge in [-0.25, -0.2) is 0 Å². The maximum Gasteiger partial charge on any atom is 0.237 e. The lowest BCUT2D eigenvalue weighted by Gasteiger charge is -2.16. The highest BCUT2D eigenvalue weighted by Crippen LogP contribution is 2.03. The van der Waals surface area contributed by atoms with Crippen LogP contribution in [-0.2, 0) is 4.79 Å². The lowest BCUT2D eigenvalue weighted by Crippen LogP contribution is -2.43. The molecule has 0 fully saturated rings. The minimum absolute atomic E-state index is 0. The van der Waals surface area contributed by atoms with E-state index in [-0.39, 0.29) is 24.4 Å². The van der Waals surface area contributed by atoms with Crippen molar-refractivity contribution in [3.8, 4) is 0 Å². The van der Waals surface area contributed by atoms with Crippen LogP contribution >= 0.6 is 12.4 Å². The van der Waals surface area contributed by atoms with E-state index in [2.05, 4.69) is 24.5 Å². The summed E-state index contributed by atoms with van der Waals surface area (Å²) in [7, 11) is 1.82. The van der Waals surface area contributed by atoms with Gasteiger partial charge in [-0.2, -0.15) is 0 Å². The molecule has 0 aromatic heterocycles. The van der Waals surface area contributed by atoms with Crippen molar-refractivity contribution in [2.24, 2.45) is 5.92 Å². The third kappa shape index (κ3) is 6.84. The predicted octanol–water partition coefficient (Wildman–Crippen LogP) is 1.18. The maximum atomic E-state index is 11.3. The molecule has 0 saturated carbocycles. The molecular formula is C9H21ClN2O. The van der Waals surface area contributed by atoms with Crippen LogP contribution in [0.15, 0.2) is 0 Å². The molecule has 0 aliphatic heterocycles. The number of hydrogen-bond donors (Lipinski definition) is 2. The Morgan fingerprint density at radius 2 is 1.92 bits per heavy atom. The smallest absolute Gasteiger partial charge is 0.237 e. The van der Waals surface area contributed by atoms with E-state index in [0.29, 0.717) is 12.5 Å². The number of nitrogens with one attached hydrogen (secondary N) is 2. The second kappa shape index (κ2) is 8.32. The van der Waals surface area contributed by atoms with Crippen LogP contribution in [0, 0.1) is 5.92 Å². The van der Waals surface area contributed by atoms with Crippen LogP contribution in [0.4, 0.5) is 0 Å². The second-order valence-corrected chi connectivity index (χ2v) is 3.37. The average Bonchev–Trinajstić information content (AvgIpc) is 2.00. The Bertz CT molecular complexity index is 140. The molecule has 0 spiro atoms. The highest BCUT2D eigenvalue weighted by atomic mass is 35.5. The van der Waals surface area contributed by atoms with Crippen LogP contribution in [0.5, 0.6) is 0 Å². The summed E-state index contributed by atoms with van der Waals surface area (Å²) in [5.74, 6) is 0.652. The van der Waals surface area contributed by atoms with Crippen molar-refractivity contribution >= 4 is 18.3 Å². The van der Waals surface area contributed by atoms with Crippen LogP contribution in [-0.4, -0.2) is 25.5 Å². The van der Waals surface area contributed by atoms with Gasteiger partial charge >= 0.3 is 0 Å². The molecule has 0 heterocycles. The van der Waals surface area contributed by atoms with Crippen LogP contribution in [0.2, 0.25) is 0 Å². The van der Waals surface area contributed by atoms with E-state index in [1.165, 1.54) is 0 Å². The van der Waals surface area contributed by atoms with E-state index in [0.717, 1.165) is 6.42 Å². The molecule has 0 aromatic carbocycles. The number of halogens is 1. The van der Waals surface area contributed by atoms with E-state index in [9.17, 15) is 4.79 Å². The van der Waals surface area contributed by atoms with Crippen LogP contribution in [0.1, 0.15) is 27.2 Å². The van der Waals surface area contributed by atoms with Crippen LogP contribution in [0.3, 0.4) is 0 Å². The second-order valence-electron chi connectivity index (χ2n) is 3.37. The number of carbonyl (C=O) groups excluding carboxylic acids is 1. The van der Waals surface area contributed by atoms with Gasteiger partial charge in [-0.05, 0) is 26.3 Å². The largest absolute Gasteiger partial charge is 0.355 e. The fourth-order valence-corrected chi connectivity index (χ4v) is 1.12. The molecule has 13 heavy (non-hydrogen) atoms. The molecule has 4 heteroatoms. The molecule has 0 unspecified atom stereocenters. The highest BCUT2D eigenvalue weighted by molar-refractivity contribution is 5.85. The maximum absolute atomic E-state index is 11.3. The van der Waals surface area contributed by atoms with Gasteiger partial charge in [0.2, 0.25) is 5.91 Å². The minimum Gasteiger partial charge on any atom is -0.355 e. The zero-order chi connectivity index (χ0) is 9.56. The Balaban J connectivity index is 0. The molecule has 1 atom stereocenters.